The summed E-state index contributed by atoms with van der Waals surface area (Å²) < 4.78 is 28.4. The normalized spacial score (nSPS) is 16.6. The van der Waals surface area contributed by atoms with Gasteiger partial charge < -0.3 is 23.7 Å². The summed E-state index contributed by atoms with van der Waals surface area (Å²) >= 11 is 0. The van der Waals surface area contributed by atoms with Crippen LogP contribution in [0.4, 0.5) is 0 Å². The molecule has 4 rings (SSSR count). The van der Waals surface area contributed by atoms with Crippen molar-refractivity contribution < 1.29 is 33.3 Å². The number of cyclic esters (lactones) is 1. The van der Waals surface area contributed by atoms with E-state index in [-0.39, 0.29) is 31.1 Å². The van der Waals surface area contributed by atoms with Gasteiger partial charge >= 0.3 is 11.9 Å². The topological polar surface area (TPSA) is 80.3 Å². The number of fused-ring (bicyclic) bond motifs is 1. The van der Waals surface area contributed by atoms with E-state index < -0.39 is 5.60 Å². The molecule has 1 heterocycles. The number of benzene rings is 2. The number of rotatable bonds is 9. The van der Waals surface area contributed by atoms with Crippen LogP contribution in [0.3, 0.4) is 0 Å². The van der Waals surface area contributed by atoms with Gasteiger partial charge in [0.25, 0.3) is 0 Å². The zero-order valence-electron chi connectivity index (χ0n) is 18.9. The molecule has 1 aliphatic heterocycles. The number of methoxy groups -OCH3 is 2. The van der Waals surface area contributed by atoms with E-state index in [1.54, 1.807) is 26.4 Å². The first-order valence-corrected chi connectivity index (χ1v) is 10.8. The molecule has 7 heteroatoms. The van der Waals surface area contributed by atoms with Gasteiger partial charge in [-0.25, -0.2) is 4.79 Å². The van der Waals surface area contributed by atoms with Crippen molar-refractivity contribution in [2.24, 2.45) is 5.92 Å². The van der Waals surface area contributed by atoms with Crippen molar-refractivity contribution in [2.75, 3.05) is 20.8 Å². The summed E-state index contributed by atoms with van der Waals surface area (Å²) in [6.07, 6.45) is 2.23. The van der Waals surface area contributed by atoms with E-state index in [1.165, 1.54) is 0 Å². The highest BCUT2D eigenvalue weighted by Crippen LogP contribution is 2.48. The SMILES string of the molecule is CCC(C)C(=O)OC1(COc2c(-c3cccc4c3COC4=O)ccc(OC)c2OC)CC1. The van der Waals surface area contributed by atoms with Gasteiger partial charge in [0.1, 0.15) is 18.8 Å². The van der Waals surface area contributed by atoms with Crippen molar-refractivity contribution in [1.82, 2.24) is 0 Å². The predicted octanol–water partition coefficient (Wildman–Crippen LogP) is 4.54. The Hall–Kier alpha value is -3.22. The molecule has 1 unspecified atom stereocenters. The first-order valence-electron chi connectivity index (χ1n) is 10.8. The summed E-state index contributed by atoms with van der Waals surface area (Å²) in [6, 6.07) is 9.17. The fourth-order valence-electron chi connectivity index (χ4n) is 3.76. The molecular weight excluding hydrogens is 412 g/mol. The quantitative estimate of drug-likeness (QED) is 0.530. The van der Waals surface area contributed by atoms with E-state index in [4.69, 9.17) is 23.7 Å². The number of carbonyl (C=O) groups excluding carboxylic acids is 2. The van der Waals surface area contributed by atoms with E-state index in [2.05, 4.69) is 0 Å². The smallest absolute Gasteiger partial charge is 0.338 e. The largest absolute Gasteiger partial charge is 0.493 e. The lowest BCUT2D eigenvalue weighted by Gasteiger charge is -2.23. The maximum Gasteiger partial charge on any atom is 0.338 e. The molecule has 0 amide bonds. The van der Waals surface area contributed by atoms with Gasteiger partial charge in [0, 0.05) is 11.1 Å². The fraction of sp³-hybridized carbons (Fsp3) is 0.440. The van der Waals surface area contributed by atoms with E-state index >= 15 is 0 Å². The first-order chi connectivity index (χ1) is 15.4. The number of ether oxygens (including phenoxy) is 5. The highest BCUT2D eigenvalue weighted by Gasteiger charge is 2.48. The molecule has 0 bridgehead atoms. The van der Waals surface area contributed by atoms with Crippen molar-refractivity contribution in [3.05, 3.63) is 41.5 Å². The Morgan fingerprint density at radius 1 is 1.06 bits per heavy atom. The molecule has 7 nitrogen and oxygen atoms in total. The molecule has 1 fully saturated rings. The van der Waals surface area contributed by atoms with Gasteiger partial charge in [-0.2, -0.15) is 0 Å². The van der Waals surface area contributed by atoms with Crippen molar-refractivity contribution in [2.45, 2.75) is 45.3 Å². The van der Waals surface area contributed by atoms with Gasteiger partial charge in [-0.1, -0.05) is 26.0 Å². The zero-order chi connectivity index (χ0) is 22.9. The van der Waals surface area contributed by atoms with Crippen LogP contribution in [0, 0.1) is 5.92 Å². The predicted molar refractivity (Wildman–Crippen MR) is 117 cm³/mol. The number of hydrogen-bond acceptors (Lipinski definition) is 7. The van der Waals surface area contributed by atoms with Crippen LogP contribution in [0.15, 0.2) is 30.3 Å². The molecule has 0 radical (unpaired) electrons. The van der Waals surface area contributed by atoms with Crippen LogP contribution in [0.5, 0.6) is 17.2 Å². The van der Waals surface area contributed by atoms with Gasteiger partial charge in [0.15, 0.2) is 11.5 Å². The van der Waals surface area contributed by atoms with Crippen LogP contribution < -0.4 is 14.2 Å². The molecule has 170 valence electrons. The highest BCUT2D eigenvalue weighted by atomic mass is 16.6. The lowest BCUT2D eigenvalue weighted by Crippen LogP contribution is -2.29. The van der Waals surface area contributed by atoms with Gasteiger partial charge in [-0.3, -0.25) is 4.79 Å². The molecule has 1 atom stereocenters. The second kappa shape index (κ2) is 8.73. The van der Waals surface area contributed by atoms with Crippen LogP contribution in [0.25, 0.3) is 11.1 Å². The summed E-state index contributed by atoms with van der Waals surface area (Å²) in [7, 11) is 3.11. The molecule has 0 N–H and O–H groups in total. The second-order valence-electron chi connectivity index (χ2n) is 8.29. The van der Waals surface area contributed by atoms with Crippen molar-refractivity contribution >= 4 is 11.9 Å². The molecular formula is C25H28O7. The summed E-state index contributed by atoms with van der Waals surface area (Å²) in [5, 5.41) is 0. The molecule has 0 aromatic heterocycles. The summed E-state index contributed by atoms with van der Waals surface area (Å²) in [4.78, 5) is 24.4. The Kier molecular flexibility index (Phi) is 6.00. The Morgan fingerprint density at radius 2 is 1.81 bits per heavy atom. The maximum absolute atomic E-state index is 12.3. The van der Waals surface area contributed by atoms with Crippen LogP contribution in [0.1, 0.15) is 49.0 Å². The van der Waals surface area contributed by atoms with E-state index in [0.29, 0.717) is 22.8 Å². The van der Waals surface area contributed by atoms with Crippen molar-refractivity contribution in [1.29, 1.82) is 0 Å². The minimum absolute atomic E-state index is 0.154. The maximum atomic E-state index is 12.3. The molecule has 2 aromatic rings. The third-order valence-electron chi connectivity index (χ3n) is 6.15. The number of carbonyl (C=O) groups is 2. The second-order valence-corrected chi connectivity index (χ2v) is 8.29. The van der Waals surface area contributed by atoms with Crippen LogP contribution >= 0.6 is 0 Å². The Bertz CT molecular complexity index is 1040. The van der Waals surface area contributed by atoms with E-state index in [1.807, 2.05) is 32.0 Å². The van der Waals surface area contributed by atoms with Crippen LogP contribution in [0.2, 0.25) is 0 Å². The fourth-order valence-corrected chi connectivity index (χ4v) is 3.76. The summed E-state index contributed by atoms with van der Waals surface area (Å²) in [5.41, 5.74) is 2.31. The van der Waals surface area contributed by atoms with E-state index in [0.717, 1.165) is 36.0 Å². The van der Waals surface area contributed by atoms with Gasteiger partial charge in [-0.15, -0.1) is 0 Å². The highest BCUT2D eigenvalue weighted by molar-refractivity contribution is 5.96. The first kappa shape index (κ1) is 22.0. The molecule has 1 aliphatic carbocycles. The Morgan fingerprint density at radius 3 is 2.47 bits per heavy atom. The third-order valence-corrected chi connectivity index (χ3v) is 6.15. The minimum atomic E-state index is -0.621. The monoisotopic (exact) mass is 440 g/mol. The Balaban J connectivity index is 1.69. The summed E-state index contributed by atoms with van der Waals surface area (Å²) in [5.74, 6) is 0.746. The van der Waals surface area contributed by atoms with E-state index in [9.17, 15) is 9.59 Å². The van der Waals surface area contributed by atoms with Crippen molar-refractivity contribution in [3.8, 4) is 28.4 Å². The number of hydrogen-bond donors (Lipinski definition) is 0. The average Bonchev–Trinajstić information content (AvgIpc) is 3.48. The van der Waals surface area contributed by atoms with Crippen LogP contribution in [-0.2, 0) is 20.9 Å². The van der Waals surface area contributed by atoms with Gasteiger partial charge in [0.2, 0.25) is 5.75 Å². The average molecular weight is 440 g/mol. The molecule has 32 heavy (non-hydrogen) atoms. The molecule has 2 aromatic carbocycles. The molecule has 1 saturated carbocycles. The van der Waals surface area contributed by atoms with Gasteiger partial charge in [0.05, 0.1) is 25.7 Å². The zero-order valence-corrected chi connectivity index (χ0v) is 18.9. The molecule has 2 aliphatic rings. The lowest BCUT2D eigenvalue weighted by molar-refractivity contribution is -0.157. The molecule has 0 spiro atoms. The summed E-state index contributed by atoms with van der Waals surface area (Å²) in [6.45, 7) is 4.23. The third kappa shape index (κ3) is 3.99. The van der Waals surface area contributed by atoms with Crippen LogP contribution in [-0.4, -0.2) is 38.4 Å². The van der Waals surface area contributed by atoms with Crippen molar-refractivity contribution in [3.63, 3.8) is 0 Å². The standard InChI is InChI=1S/C25H28O7/c1-5-15(2)23(26)32-25(11-12-25)14-31-21-17(9-10-20(28-3)22(21)29-4)16-7-6-8-18-19(16)13-30-24(18)27/h6-10,15H,5,11-14H2,1-4H3. The minimum Gasteiger partial charge on any atom is -0.493 e. The molecule has 0 saturated heterocycles. The Labute approximate surface area is 187 Å². The van der Waals surface area contributed by atoms with Gasteiger partial charge in [-0.05, 0) is 43.0 Å². The lowest BCUT2D eigenvalue weighted by atomic mass is 9.95. The number of esters is 2.